The standard InChI is InChI=1S/C11H13BrN2O2/c1-8(11(15)16)14-13-6-5-9-3-2-4-10(12)7-9/h2-4,7,13H,5-6H2,1H3,(H,15,16)/b14-8-. The van der Waals surface area contributed by atoms with Crippen molar-refractivity contribution in [2.45, 2.75) is 13.3 Å². The van der Waals surface area contributed by atoms with Gasteiger partial charge in [0.05, 0.1) is 0 Å². The second-order valence-corrected chi connectivity index (χ2v) is 4.21. The third-order valence-electron chi connectivity index (χ3n) is 1.97. The molecule has 1 rings (SSSR count). The first-order chi connectivity index (χ1) is 7.59. The molecule has 0 heterocycles. The van der Waals surface area contributed by atoms with Gasteiger partial charge in [-0.1, -0.05) is 28.1 Å². The average molecular weight is 285 g/mol. The van der Waals surface area contributed by atoms with Crippen LogP contribution in [-0.2, 0) is 11.2 Å². The lowest BCUT2D eigenvalue weighted by Crippen LogP contribution is -2.17. The van der Waals surface area contributed by atoms with E-state index in [1.165, 1.54) is 12.5 Å². The summed E-state index contributed by atoms with van der Waals surface area (Å²) in [4.78, 5) is 10.4. The quantitative estimate of drug-likeness (QED) is 0.494. The highest BCUT2D eigenvalue weighted by atomic mass is 79.9. The zero-order valence-electron chi connectivity index (χ0n) is 8.90. The van der Waals surface area contributed by atoms with Gasteiger partial charge >= 0.3 is 5.97 Å². The third-order valence-corrected chi connectivity index (χ3v) is 2.46. The molecule has 0 bridgehead atoms. The van der Waals surface area contributed by atoms with E-state index in [0.29, 0.717) is 6.54 Å². The fourth-order valence-corrected chi connectivity index (χ4v) is 1.56. The van der Waals surface area contributed by atoms with Gasteiger partial charge < -0.3 is 10.5 Å². The molecule has 0 aromatic heterocycles. The molecule has 2 N–H and O–H groups in total. The lowest BCUT2D eigenvalue weighted by Gasteiger charge is -2.02. The molecule has 0 radical (unpaired) electrons. The van der Waals surface area contributed by atoms with Gasteiger partial charge in [-0.25, -0.2) is 4.79 Å². The van der Waals surface area contributed by atoms with Gasteiger partial charge in [0.25, 0.3) is 0 Å². The lowest BCUT2D eigenvalue weighted by molar-refractivity contribution is -0.129. The number of hydrogen-bond acceptors (Lipinski definition) is 3. The van der Waals surface area contributed by atoms with E-state index in [9.17, 15) is 4.79 Å². The number of nitrogens with one attached hydrogen (secondary N) is 1. The highest BCUT2D eigenvalue weighted by Crippen LogP contribution is 2.11. The molecule has 0 saturated carbocycles. The Hall–Kier alpha value is -1.36. The van der Waals surface area contributed by atoms with Crippen LogP contribution in [-0.4, -0.2) is 23.3 Å². The van der Waals surface area contributed by atoms with E-state index in [1.807, 2.05) is 24.3 Å². The van der Waals surface area contributed by atoms with Gasteiger partial charge in [0.1, 0.15) is 5.71 Å². The van der Waals surface area contributed by atoms with Crippen LogP contribution >= 0.6 is 15.9 Å². The molecule has 0 fully saturated rings. The summed E-state index contributed by atoms with van der Waals surface area (Å²) < 4.78 is 1.04. The molecule has 0 aliphatic rings. The summed E-state index contributed by atoms with van der Waals surface area (Å²) in [6.45, 7) is 2.06. The summed E-state index contributed by atoms with van der Waals surface area (Å²) in [6.07, 6.45) is 0.801. The second-order valence-electron chi connectivity index (χ2n) is 3.29. The summed E-state index contributed by atoms with van der Waals surface area (Å²) in [5.41, 5.74) is 3.96. The summed E-state index contributed by atoms with van der Waals surface area (Å²) >= 11 is 3.39. The number of benzene rings is 1. The number of carboxylic acid groups (broad SMARTS) is 1. The minimum absolute atomic E-state index is 0.0641. The van der Waals surface area contributed by atoms with E-state index in [0.717, 1.165) is 10.9 Å². The van der Waals surface area contributed by atoms with Crippen molar-refractivity contribution >= 4 is 27.6 Å². The fraction of sp³-hybridized carbons (Fsp3) is 0.273. The molecule has 1 aromatic rings. The van der Waals surface area contributed by atoms with Crippen LogP contribution in [0.2, 0.25) is 0 Å². The van der Waals surface area contributed by atoms with Gasteiger partial charge in [-0.15, -0.1) is 0 Å². The molecule has 0 aliphatic carbocycles. The largest absolute Gasteiger partial charge is 0.477 e. The zero-order chi connectivity index (χ0) is 12.0. The number of aliphatic carboxylic acids is 1. The van der Waals surface area contributed by atoms with Crippen molar-refractivity contribution in [3.8, 4) is 0 Å². The Morgan fingerprint density at radius 3 is 2.94 bits per heavy atom. The van der Waals surface area contributed by atoms with Crippen molar-refractivity contribution in [1.82, 2.24) is 5.43 Å². The van der Waals surface area contributed by atoms with Crippen molar-refractivity contribution < 1.29 is 9.90 Å². The van der Waals surface area contributed by atoms with Crippen LogP contribution in [0.1, 0.15) is 12.5 Å². The van der Waals surface area contributed by atoms with Gasteiger partial charge in [0.2, 0.25) is 0 Å². The smallest absolute Gasteiger partial charge is 0.351 e. The zero-order valence-corrected chi connectivity index (χ0v) is 10.5. The van der Waals surface area contributed by atoms with E-state index >= 15 is 0 Å². The van der Waals surface area contributed by atoms with Crippen LogP contribution in [0.25, 0.3) is 0 Å². The maximum Gasteiger partial charge on any atom is 0.351 e. The number of carboxylic acids is 1. The van der Waals surface area contributed by atoms with Crippen LogP contribution < -0.4 is 5.43 Å². The Morgan fingerprint density at radius 1 is 1.56 bits per heavy atom. The van der Waals surface area contributed by atoms with Gasteiger partial charge in [0.15, 0.2) is 0 Å². The molecule has 16 heavy (non-hydrogen) atoms. The summed E-state index contributed by atoms with van der Waals surface area (Å²) in [5, 5.41) is 12.3. The lowest BCUT2D eigenvalue weighted by atomic mass is 10.2. The first-order valence-electron chi connectivity index (χ1n) is 4.84. The number of hydrazone groups is 1. The number of hydrogen-bond donors (Lipinski definition) is 2. The normalized spacial score (nSPS) is 11.2. The van der Waals surface area contributed by atoms with Crippen molar-refractivity contribution in [2.75, 3.05) is 6.54 Å². The fourth-order valence-electron chi connectivity index (χ4n) is 1.12. The number of rotatable bonds is 5. The Bertz CT molecular complexity index is 405. The van der Waals surface area contributed by atoms with E-state index in [4.69, 9.17) is 5.11 Å². The summed E-state index contributed by atoms with van der Waals surface area (Å²) in [5.74, 6) is -1.00. The SMILES string of the molecule is C/C(=N/NCCc1cccc(Br)c1)C(=O)O. The molecular formula is C11H13BrN2O2. The molecule has 5 heteroatoms. The van der Waals surface area contributed by atoms with Crippen LogP contribution in [0.4, 0.5) is 0 Å². The minimum Gasteiger partial charge on any atom is -0.477 e. The van der Waals surface area contributed by atoms with Crippen molar-refractivity contribution in [3.63, 3.8) is 0 Å². The number of carbonyl (C=O) groups is 1. The highest BCUT2D eigenvalue weighted by molar-refractivity contribution is 9.10. The topological polar surface area (TPSA) is 61.7 Å². The first kappa shape index (κ1) is 12.7. The predicted molar refractivity (Wildman–Crippen MR) is 66.6 cm³/mol. The van der Waals surface area contributed by atoms with Crippen molar-refractivity contribution in [3.05, 3.63) is 34.3 Å². The number of halogens is 1. The Kier molecular flexibility index (Phi) is 4.98. The van der Waals surface area contributed by atoms with E-state index in [1.54, 1.807) is 0 Å². The maximum atomic E-state index is 10.4. The maximum absolute atomic E-state index is 10.4. The first-order valence-corrected chi connectivity index (χ1v) is 5.64. The van der Waals surface area contributed by atoms with E-state index < -0.39 is 5.97 Å². The van der Waals surface area contributed by atoms with E-state index in [2.05, 4.69) is 26.5 Å². The van der Waals surface area contributed by atoms with E-state index in [-0.39, 0.29) is 5.71 Å². The Morgan fingerprint density at radius 2 is 2.31 bits per heavy atom. The van der Waals surface area contributed by atoms with Gasteiger partial charge in [-0.3, -0.25) is 0 Å². The van der Waals surface area contributed by atoms with Crippen LogP contribution in [0, 0.1) is 0 Å². The van der Waals surface area contributed by atoms with Crippen LogP contribution in [0.5, 0.6) is 0 Å². The molecule has 4 nitrogen and oxygen atoms in total. The molecule has 0 spiro atoms. The van der Waals surface area contributed by atoms with Crippen molar-refractivity contribution in [2.24, 2.45) is 5.10 Å². The van der Waals surface area contributed by atoms with Crippen LogP contribution in [0.15, 0.2) is 33.8 Å². The summed E-state index contributed by atoms with van der Waals surface area (Å²) in [7, 11) is 0. The molecule has 0 saturated heterocycles. The minimum atomic E-state index is -1.00. The molecule has 0 atom stereocenters. The Balaban J connectivity index is 2.36. The van der Waals surface area contributed by atoms with Crippen molar-refractivity contribution in [1.29, 1.82) is 0 Å². The molecular weight excluding hydrogens is 272 g/mol. The molecule has 0 amide bonds. The van der Waals surface area contributed by atoms with Gasteiger partial charge in [-0.05, 0) is 31.0 Å². The van der Waals surface area contributed by atoms with Crippen LogP contribution in [0.3, 0.4) is 0 Å². The number of nitrogens with zero attached hydrogens (tertiary/aromatic N) is 1. The Labute approximate surface area is 102 Å². The second kappa shape index (κ2) is 6.27. The average Bonchev–Trinajstić information content (AvgIpc) is 2.24. The molecule has 0 unspecified atom stereocenters. The predicted octanol–water partition coefficient (Wildman–Crippen LogP) is 2.04. The van der Waals surface area contributed by atoms with Gasteiger partial charge in [-0.2, -0.15) is 5.10 Å². The third kappa shape index (κ3) is 4.44. The van der Waals surface area contributed by atoms with Gasteiger partial charge in [0, 0.05) is 11.0 Å². The molecule has 86 valence electrons. The molecule has 0 aliphatic heterocycles. The monoisotopic (exact) mass is 284 g/mol. The summed E-state index contributed by atoms with van der Waals surface area (Å²) in [6, 6.07) is 7.96. The molecule has 1 aromatic carbocycles. The highest BCUT2D eigenvalue weighted by Gasteiger charge is 2.00.